The largest absolute Gasteiger partial charge is 0.497 e. The Morgan fingerprint density at radius 3 is 2.27 bits per heavy atom. The van der Waals surface area contributed by atoms with Gasteiger partial charge in [0.1, 0.15) is 5.75 Å². The zero-order valence-electron chi connectivity index (χ0n) is 16.4. The number of rotatable bonds is 4. The summed E-state index contributed by atoms with van der Waals surface area (Å²) >= 11 is 0. The van der Waals surface area contributed by atoms with Crippen molar-refractivity contribution in [2.75, 3.05) is 51.3 Å². The summed E-state index contributed by atoms with van der Waals surface area (Å²) in [4.78, 5) is 18.7. The second-order valence-electron chi connectivity index (χ2n) is 7.57. The fourth-order valence-electron chi connectivity index (χ4n) is 4.08. The van der Waals surface area contributed by atoms with Crippen LogP contribution in [0, 0.1) is 0 Å². The first kappa shape index (κ1) is 19.0. The average molecular weight is 362 g/mol. The predicted octanol–water partition coefficient (Wildman–Crippen LogP) is 0.424. The fourth-order valence-corrected chi connectivity index (χ4v) is 4.08. The van der Waals surface area contributed by atoms with Crippen LogP contribution in [0.1, 0.15) is 20.8 Å². The highest BCUT2D eigenvalue weighted by Crippen LogP contribution is 2.19. The average Bonchev–Trinajstić information content (AvgIpc) is 2.66. The maximum absolute atomic E-state index is 12.9. The molecule has 0 bridgehead atoms. The normalized spacial score (nSPS) is 25.8. The first-order valence-electron chi connectivity index (χ1n) is 9.65. The molecule has 144 valence electrons. The quantitative estimate of drug-likeness (QED) is 0.844. The van der Waals surface area contributed by atoms with E-state index in [9.17, 15) is 4.79 Å². The van der Waals surface area contributed by atoms with Crippen LogP contribution in [0.3, 0.4) is 0 Å². The minimum Gasteiger partial charge on any atom is -0.497 e. The van der Waals surface area contributed by atoms with Gasteiger partial charge in [0.15, 0.2) is 6.04 Å². The molecule has 3 rings (SSSR count). The number of benzene rings is 1. The van der Waals surface area contributed by atoms with Crippen molar-refractivity contribution in [2.24, 2.45) is 0 Å². The van der Waals surface area contributed by atoms with E-state index >= 15 is 0 Å². The molecule has 1 aromatic carbocycles. The van der Waals surface area contributed by atoms with Crippen molar-refractivity contribution in [3.8, 4) is 5.75 Å². The molecule has 0 unspecified atom stereocenters. The van der Waals surface area contributed by atoms with E-state index in [-0.39, 0.29) is 24.2 Å². The summed E-state index contributed by atoms with van der Waals surface area (Å²) in [5.41, 5.74) is 1.22. The topological polar surface area (TPSA) is 46.5 Å². The molecule has 2 saturated heterocycles. The van der Waals surface area contributed by atoms with E-state index in [0.29, 0.717) is 13.1 Å². The van der Waals surface area contributed by atoms with E-state index < -0.39 is 0 Å². The molecule has 6 nitrogen and oxygen atoms in total. The molecule has 0 radical (unpaired) electrons. The number of amides is 1. The maximum atomic E-state index is 12.9. The van der Waals surface area contributed by atoms with Crippen LogP contribution in [0.5, 0.6) is 5.75 Å². The zero-order valence-corrected chi connectivity index (χ0v) is 16.4. The van der Waals surface area contributed by atoms with E-state index in [1.165, 1.54) is 10.6 Å². The summed E-state index contributed by atoms with van der Waals surface area (Å²) in [7, 11) is 1.69. The van der Waals surface area contributed by atoms with Crippen molar-refractivity contribution < 1.29 is 19.2 Å². The summed E-state index contributed by atoms with van der Waals surface area (Å²) in [5.74, 6) is 1.14. The summed E-state index contributed by atoms with van der Waals surface area (Å²) in [6.07, 6.45) is 0.244. The van der Waals surface area contributed by atoms with Crippen molar-refractivity contribution in [1.29, 1.82) is 0 Å². The third-order valence-corrected chi connectivity index (χ3v) is 5.56. The van der Waals surface area contributed by atoms with Crippen LogP contribution in [0.15, 0.2) is 24.3 Å². The van der Waals surface area contributed by atoms with E-state index in [0.717, 1.165) is 31.9 Å². The van der Waals surface area contributed by atoms with E-state index in [4.69, 9.17) is 9.47 Å². The number of methoxy groups -OCH3 is 1. The van der Waals surface area contributed by atoms with Crippen LogP contribution in [-0.4, -0.2) is 75.4 Å². The summed E-state index contributed by atoms with van der Waals surface area (Å²) < 4.78 is 11.0. The van der Waals surface area contributed by atoms with Gasteiger partial charge in [0.25, 0.3) is 5.91 Å². The molecule has 0 saturated carbocycles. The van der Waals surface area contributed by atoms with E-state index in [1.54, 1.807) is 7.11 Å². The number of hydrogen-bond donors (Lipinski definition) is 1. The second-order valence-corrected chi connectivity index (χ2v) is 7.57. The van der Waals surface area contributed by atoms with Crippen LogP contribution in [0.25, 0.3) is 0 Å². The van der Waals surface area contributed by atoms with Crippen LogP contribution in [0.2, 0.25) is 0 Å². The summed E-state index contributed by atoms with van der Waals surface area (Å²) in [6, 6.07) is 8.22. The SMILES string of the molecule is COc1ccc(N2CC[NH+]([C@H](C)C(=O)N3C[C@@H](C)O[C@@H](C)C3)CC2)cc1. The number of carbonyl (C=O) groups is 1. The maximum Gasteiger partial charge on any atom is 0.280 e. The Balaban J connectivity index is 1.54. The molecule has 2 heterocycles. The van der Waals surface area contributed by atoms with Gasteiger partial charge in [0.2, 0.25) is 0 Å². The monoisotopic (exact) mass is 362 g/mol. The minimum absolute atomic E-state index is 0.00511. The van der Waals surface area contributed by atoms with Crippen LogP contribution < -0.4 is 14.5 Å². The number of nitrogens with one attached hydrogen (secondary N) is 1. The Morgan fingerprint density at radius 1 is 1.15 bits per heavy atom. The van der Waals surface area contributed by atoms with Crippen molar-refractivity contribution in [3.63, 3.8) is 0 Å². The van der Waals surface area contributed by atoms with Crippen molar-refractivity contribution >= 4 is 11.6 Å². The molecule has 0 aliphatic carbocycles. The number of hydrogen-bond acceptors (Lipinski definition) is 4. The lowest BCUT2D eigenvalue weighted by Gasteiger charge is -2.40. The highest BCUT2D eigenvalue weighted by Gasteiger charge is 2.35. The van der Waals surface area contributed by atoms with Gasteiger partial charge in [-0.1, -0.05) is 0 Å². The number of morpholine rings is 1. The first-order valence-corrected chi connectivity index (χ1v) is 9.65. The lowest BCUT2D eigenvalue weighted by atomic mass is 10.1. The van der Waals surface area contributed by atoms with Crippen LogP contribution in [0.4, 0.5) is 5.69 Å². The molecule has 1 N–H and O–H groups in total. The number of piperazine rings is 1. The number of ether oxygens (including phenoxy) is 2. The van der Waals surface area contributed by atoms with Gasteiger partial charge in [0.05, 0.1) is 45.5 Å². The molecule has 2 aliphatic heterocycles. The zero-order chi connectivity index (χ0) is 18.7. The van der Waals surface area contributed by atoms with Crippen molar-refractivity contribution in [2.45, 2.75) is 39.0 Å². The third-order valence-electron chi connectivity index (χ3n) is 5.56. The molecule has 2 fully saturated rings. The Labute approximate surface area is 156 Å². The standard InChI is InChI=1S/C20H31N3O3/c1-15-13-23(14-16(2)26-15)20(24)17(3)21-9-11-22(12-10-21)18-5-7-19(25-4)8-6-18/h5-8,15-17H,9-14H2,1-4H3/p+1/t15-,16+,17-/m1/s1. The lowest BCUT2D eigenvalue weighted by molar-refractivity contribution is -0.915. The molecule has 2 aliphatic rings. The third kappa shape index (κ3) is 4.30. The van der Waals surface area contributed by atoms with Crippen molar-refractivity contribution in [3.05, 3.63) is 24.3 Å². The highest BCUT2D eigenvalue weighted by atomic mass is 16.5. The smallest absolute Gasteiger partial charge is 0.280 e. The molecular weight excluding hydrogens is 330 g/mol. The summed E-state index contributed by atoms with van der Waals surface area (Å²) in [5, 5.41) is 0. The van der Waals surface area contributed by atoms with E-state index in [2.05, 4.69) is 24.0 Å². The number of quaternary nitrogens is 1. The van der Waals surface area contributed by atoms with Gasteiger partial charge < -0.3 is 24.2 Å². The van der Waals surface area contributed by atoms with Gasteiger partial charge in [-0.25, -0.2) is 0 Å². The first-order chi connectivity index (χ1) is 12.5. The van der Waals surface area contributed by atoms with Gasteiger partial charge in [-0.05, 0) is 45.0 Å². The van der Waals surface area contributed by atoms with Crippen molar-refractivity contribution in [1.82, 2.24) is 4.90 Å². The van der Waals surface area contributed by atoms with Gasteiger partial charge in [-0.2, -0.15) is 0 Å². The molecule has 0 aromatic heterocycles. The van der Waals surface area contributed by atoms with Gasteiger partial charge in [-0.15, -0.1) is 0 Å². The molecule has 0 spiro atoms. The van der Waals surface area contributed by atoms with Gasteiger partial charge >= 0.3 is 0 Å². The van der Waals surface area contributed by atoms with E-state index in [1.807, 2.05) is 30.9 Å². The Bertz CT molecular complexity index is 589. The Kier molecular flexibility index (Phi) is 6.04. The molecule has 1 amide bonds. The number of anilines is 1. The second kappa shape index (κ2) is 8.27. The molecule has 26 heavy (non-hydrogen) atoms. The number of nitrogens with zero attached hydrogens (tertiary/aromatic N) is 2. The predicted molar refractivity (Wildman–Crippen MR) is 102 cm³/mol. The van der Waals surface area contributed by atoms with Crippen LogP contribution in [-0.2, 0) is 9.53 Å². The van der Waals surface area contributed by atoms with Crippen LogP contribution >= 0.6 is 0 Å². The fraction of sp³-hybridized carbons (Fsp3) is 0.650. The Hall–Kier alpha value is -1.79. The molecule has 1 aromatic rings. The number of carbonyl (C=O) groups excluding carboxylic acids is 1. The lowest BCUT2D eigenvalue weighted by Crippen LogP contribution is -3.19. The van der Waals surface area contributed by atoms with Gasteiger partial charge in [0, 0.05) is 18.8 Å². The minimum atomic E-state index is 0.00511. The molecule has 3 atom stereocenters. The molecule has 6 heteroatoms. The van der Waals surface area contributed by atoms with Gasteiger partial charge in [-0.3, -0.25) is 4.79 Å². The highest BCUT2D eigenvalue weighted by molar-refractivity contribution is 5.80. The Morgan fingerprint density at radius 2 is 1.73 bits per heavy atom. The molecular formula is C20H32N3O3+. The summed E-state index contributed by atoms with van der Waals surface area (Å²) in [6.45, 7) is 11.5.